The molecule has 1 atom stereocenters. The fourth-order valence-corrected chi connectivity index (χ4v) is 2.55. The van der Waals surface area contributed by atoms with Crippen molar-refractivity contribution in [1.29, 1.82) is 0 Å². The molecule has 0 aromatic rings. The second kappa shape index (κ2) is 5.93. The van der Waals surface area contributed by atoms with Crippen LogP contribution in [0.15, 0.2) is 0 Å². The maximum absolute atomic E-state index is 12.9. The molecule has 0 saturated carbocycles. The highest BCUT2D eigenvalue weighted by atomic mass is 32.2. The molecule has 100 valence electrons. The molecule has 1 heterocycles. The summed E-state index contributed by atoms with van der Waals surface area (Å²) in [5.74, 6) is -6.30. The number of hydrogen-bond acceptors (Lipinski definition) is 2. The maximum Gasteiger partial charge on any atom is 0.383 e. The number of hydrogen-bond donors (Lipinski definition) is 0. The molecule has 1 amide bonds. The summed E-state index contributed by atoms with van der Waals surface area (Å²) < 4.78 is 49.9. The molecule has 0 aliphatic carbocycles. The van der Waals surface area contributed by atoms with E-state index < -0.39 is 18.3 Å². The van der Waals surface area contributed by atoms with E-state index >= 15 is 0 Å². The molecule has 0 bridgehead atoms. The topological polar surface area (TPSA) is 20.3 Å². The first kappa shape index (κ1) is 14.6. The summed E-state index contributed by atoms with van der Waals surface area (Å²) in [6.45, 7) is 0.269. The van der Waals surface area contributed by atoms with Crippen molar-refractivity contribution in [1.82, 2.24) is 4.90 Å². The zero-order chi connectivity index (χ0) is 13.1. The number of carbonyl (C=O) groups is 1. The lowest BCUT2D eigenvalue weighted by Crippen LogP contribution is -2.48. The van der Waals surface area contributed by atoms with E-state index in [2.05, 4.69) is 0 Å². The Hall–Kier alpha value is -0.460. The van der Waals surface area contributed by atoms with Gasteiger partial charge in [0.15, 0.2) is 0 Å². The van der Waals surface area contributed by atoms with E-state index in [0.29, 0.717) is 18.1 Å². The molecule has 1 rings (SSSR count). The Morgan fingerprint density at radius 1 is 1.35 bits per heavy atom. The molecule has 1 unspecified atom stereocenters. The van der Waals surface area contributed by atoms with E-state index in [-0.39, 0.29) is 13.1 Å². The maximum atomic E-state index is 12.9. The van der Waals surface area contributed by atoms with Crippen molar-refractivity contribution in [2.24, 2.45) is 0 Å². The van der Waals surface area contributed by atoms with Gasteiger partial charge in [-0.1, -0.05) is 0 Å². The lowest BCUT2D eigenvalue weighted by Gasteiger charge is -2.25. The van der Waals surface area contributed by atoms with Crippen LogP contribution in [0.2, 0.25) is 0 Å². The molecule has 1 aliphatic rings. The van der Waals surface area contributed by atoms with Crippen LogP contribution in [0.5, 0.6) is 0 Å². The van der Waals surface area contributed by atoms with Gasteiger partial charge in [0.2, 0.25) is 0 Å². The summed E-state index contributed by atoms with van der Waals surface area (Å²) in [5, 5.41) is 0.313. The van der Waals surface area contributed by atoms with Crippen molar-refractivity contribution in [3.05, 3.63) is 0 Å². The lowest BCUT2D eigenvalue weighted by molar-refractivity contribution is -0.180. The first-order valence-corrected chi connectivity index (χ1v) is 6.66. The van der Waals surface area contributed by atoms with Crippen molar-refractivity contribution in [2.75, 3.05) is 19.3 Å². The van der Waals surface area contributed by atoms with Crippen molar-refractivity contribution in [3.8, 4) is 0 Å². The smallest absolute Gasteiger partial charge is 0.337 e. The molecule has 1 fully saturated rings. The van der Waals surface area contributed by atoms with Gasteiger partial charge >= 0.3 is 12.3 Å². The van der Waals surface area contributed by atoms with Crippen LogP contribution in [0, 0.1) is 0 Å². The minimum absolute atomic E-state index is 0.132. The molecule has 0 aromatic heterocycles. The second-order valence-corrected chi connectivity index (χ2v) is 5.14. The van der Waals surface area contributed by atoms with Crippen LogP contribution in [-0.4, -0.2) is 47.8 Å². The molecular weight excluding hydrogens is 258 g/mol. The number of halogens is 4. The minimum atomic E-state index is -4.56. The Morgan fingerprint density at radius 3 is 2.53 bits per heavy atom. The first-order chi connectivity index (χ1) is 7.89. The molecule has 7 heteroatoms. The van der Waals surface area contributed by atoms with Crippen LogP contribution in [0.4, 0.5) is 17.6 Å². The van der Waals surface area contributed by atoms with Gasteiger partial charge in [0.05, 0.1) is 0 Å². The summed E-state index contributed by atoms with van der Waals surface area (Å²) in [4.78, 5) is 12.2. The highest BCUT2D eigenvalue weighted by Crippen LogP contribution is 2.28. The van der Waals surface area contributed by atoms with E-state index in [0.717, 1.165) is 11.3 Å². The van der Waals surface area contributed by atoms with Crippen LogP contribution >= 0.6 is 11.8 Å². The minimum Gasteiger partial charge on any atom is -0.337 e. The average Bonchev–Trinajstić information content (AvgIpc) is 2.52. The third kappa shape index (κ3) is 3.50. The largest absolute Gasteiger partial charge is 0.383 e. The zero-order valence-electron chi connectivity index (χ0n) is 9.47. The molecule has 0 aromatic carbocycles. The highest BCUT2D eigenvalue weighted by molar-refractivity contribution is 7.99. The predicted molar refractivity (Wildman–Crippen MR) is 58.7 cm³/mol. The van der Waals surface area contributed by atoms with Gasteiger partial charge in [-0.2, -0.15) is 20.5 Å². The van der Waals surface area contributed by atoms with Crippen LogP contribution in [0.3, 0.4) is 0 Å². The average molecular weight is 273 g/mol. The lowest BCUT2D eigenvalue weighted by atomic mass is 10.2. The fourth-order valence-electron chi connectivity index (χ4n) is 1.81. The first-order valence-electron chi connectivity index (χ1n) is 5.37. The number of likely N-dealkylation sites (tertiary alicyclic amines) is 1. The van der Waals surface area contributed by atoms with E-state index in [4.69, 9.17) is 0 Å². The fraction of sp³-hybridized carbons (Fsp3) is 0.900. The van der Waals surface area contributed by atoms with Crippen molar-refractivity contribution < 1.29 is 22.4 Å². The molecular formula is C10H15F4NOS. The van der Waals surface area contributed by atoms with E-state index in [9.17, 15) is 22.4 Å². The van der Waals surface area contributed by atoms with Crippen LogP contribution < -0.4 is 0 Å². The Bertz CT molecular complexity index is 275. The number of carbonyl (C=O) groups excluding carboxylic acids is 1. The number of rotatable bonds is 3. The predicted octanol–water partition coefficient (Wildman–Crippen LogP) is 2.63. The number of amides is 1. The van der Waals surface area contributed by atoms with Gasteiger partial charge in [0.1, 0.15) is 0 Å². The van der Waals surface area contributed by atoms with Gasteiger partial charge in [-0.25, -0.2) is 8.78 Å². The van der Waals surface area contributed by atoms with E-state index in [1.165, 1.54) is 0 Å². The summed E-state index contributed by atoms with van der Waals surface area (Å²) >= 11 is 1.61. The van der Waals surface area contributed by atoms with E-state index in [1.807, 2.05) is 6.26 Å². The van der Waals surface area contributed by atoms with Gasteiger partial charge in [-0.15, -0.1) is 0 Å². The van der Waals surface area contributed by atoms with E-state index in [1.54, 1.807) is 11.8 Å². The van der Waals surface area contributed by atoms with Crippen LogP contribution in [0.25, 0.3) is 0 Å². The summed E-state index contributed by atoms with van der Waals surface area (Å²) in [6.07, 6.45) is -0.0428. The molecule has 1 saturated heterocycles. The SMILES string of the molecule is CSC1CCCN(C(=O)C(F)(F)C(F)F)CC1. The van der Waals surface area contributed by atoms with Gasteiger partial charge in [0, 0.05) is 18.3 Å². The molecule has 2 nitrogen and oxygen atoms in total. The second-order valence-electron chi connectivity index (χ2n) is 4.00. The number of thioether (sulfide) groups is 1. The Balaban J connectivity index is 2.64. The standard InChI is InChI=1S/C10H15F4NOS/c1-17-7-3-2-5-15(6-4-7)9(16)10(13,14)8(11)12/h7-8H,2-6H2,1H3. The Morgan fingerprint density at radius 2 is 2.00 bits per heavy atom. The monoisotopic (exact) mass is 273 g/mol. The van der Waals surface area contributed by atoms with Gasteiger partial charge < -0.3 is 4.90 Å². The van der Waals surface area contributed by atoms with Gasteiger partial charge in [-0.05, 0) is 25.5 Å². The van der Waals surface area contributed by atoms with Crippen LogP contribution in [-0.2, 0) is 4.79 Å². The quantitative estimate of drug-likeness (QED) is 0.737. The number of alkyl halides is 4. The van der Waals surface area contributed by atoms with Crippen molar-refractivity contribution in [2.45, 2.75) is 36.9 Å². The molecule has 0 radical (unpaired) electrons. The molecule has 0 spiro atoms. The van der Waals surface area contributed by atoms with Crippen LogP contribution in [0.1, 0.15) is 19.3 Å². The van der Waals surface area contributed by atoms with Gasteiger partial charge in [-0.3, -0.25) is 4.79 Å². The summed E-state index contributed by atoms with van der Waals surface area (Å²) in [5.41, 5.74) is 0. The zero-order valence-corrected chi connectivity index (χ0v) is 10.3. The summed E-state index contributed by atoms with van der Waals surface area (Å²) in [6, 6.07) is 0. The molecule has 1 aliphatic heterocycles. The third-order valence-electron chi connectivity index (χ3n) is 2.85. The third-order valence-corrected chi connectivity index (χ3v) is 3.99. The summed E-state index contributed by atoms with van der Waals surface area (Å²) in [7, 11) is 0. The molecule has 0 N–H and O–H groups in total. The van der Waals surface area contributed by atoms with Gasteiger partial charge in [0.25, 0.3) is 5.91 Å². The number of nitrogens with zero attached hydrogens (tertiary/aromatic N) is 1. The highest BCUT2D eigenvalue weighted by Gasteiger charge is 2.51. The van der Waals surface area contributed by atoms with Crippen molar-refractivity contribution in [3.63, 3.8) is 0 Å². The van der Waals surface area contributed by atoms with Crippen molar-refractivity contribution >= 4 is 17.7 Å². The molecule has 17 heavy (non-hydrogen) atoms. The Labute approximate surface area is 102 Å². The normalized spacial score (nSPS) is 22.7. The Kier molecular flexibility index (Phi) is 5.09.